The van der Waals surface area contributed by atoms with Gasteiger partial charge in [-0.25, -0.2) is 17.6 Å². The summed E-state index contributed by atoms with van der Waals surface area (Å²) in [6.45, 7) is 15.3. The second-order valence-electron chi connectivity index (χ2n) is 17.2. The predicted octanol–water partition coefficient (Wildman–Crippen LogP) is 6.73. The van der Waals surface area contributed by atoms with Gasteiger partial charge in [0, 0.05) is 53.9 Å². The lowest BCUT2D eigenvalue weighted by Crippen LogP contribution is -2.45. The third-order valence-electron chi connectivity index (χ3n) is 10.3. The Bertz CT molecular complexity index is 2460. The second kappa shape index (κ2) is 19.8. The standard InChI is InChI=1S/C23H28F4N2O3S.C21H29N7O/c1-22(2,3)17-4-7-20(8-5-17)33(30,31)29(18-10-12-28-13-11-18)15-16-14-19(6-9-21(16)24)32-23(25,26)27;1-21(2,3)17-11-15-13-28(20(29)27-18(15)26-17)16-7-5-14(6-8-16)12-24-9-4-10-25-19(22)23/h4-9,14,18,28H,10-13,15H2,1-3H3;5-8,11,13,24H,4,9-10,12H2,1-3H3,(H4,22,23,25)(H,26,27,29). The van der Waals surface area contributed by atoms with Gasteiger partial charge in [-0.15, -0.1) is 13.2 Å². The summed E-state index contributed by atoms with van der Waals surface area (Å²) in [4.78, 5) is 24.0. The summed E-state index contributed by atoms with van der Waals surface area (Å²) in [7, 11) is -4.05. The van der Waals surface area contributed by atoms with Crippen LogP contribution in [0.2, 0.25) is 0 Å². The van der Waals surface area contributed by atoms with Crippen LogP contribution in [0.15, 0.2) is 93.7 Å². The maximum atomic E-state index is 14.5. The van der Waals surface area contributed by atoms with Gasteiger partial charge in [-0.1, -0.05) is 65.8 Å². The number of hydrogen-bond donors (Lipinski definition) is 5. The van der Waals surface area contributed by atoms with Crippen LogP contribution in [0.5, 0.6) is 5.75 Å². The molecule has 0 unspecified atom stereocenters. The molecule has 0 radical (unpaired) electrons. The average molecular weight is 884 g/mol. The number of nitrogens with zero attached hydrogens (tertiary/aromatic N) is 4. The quantitative estimate of drug-likeness (QED) is 0.0370. The maximum absolute atomic E-state index is 14.5. The van der Waals surface area contributed by atoms with Gasteiger partial charge in [-0.05, 0) is 104 Å². The molecular formula is C44H57F4N9O4S. The van der Waals surface area contributed by atoms with E-state index in [0.717, 1.165) is 65.6 Å². The van der Waals surface area contributed by atoms with Crippen molar-refractivity contribution < 1.29 is 30.7 Å². The monoisotopic (exact) mass is 883 g/mol. The van der Waals surface area contributed by atoms with Gasteiger partial charge in [0.05, 0.1) is 10.6 Å². The third-order valence-corrected chi connectivity index (χ3v) is 12.2. The number of aromatic nitrogens is 3. The molecule has 1 aliphatic rings. The molecule has 1 fully saturated rings. The zero-order valence-corrected chi connectivity index (χ0v) is 36.8. The van der Waals surface area contributed by atoms with Gasteiger partial charge in [-0.2, -0.15) is 9.29 Å². The smallest absolute Gasteiger partial charge is 0.406 e. The van der Waals surface area contributed by atoms with Gasteiger partial charge in [0.15, 0.2) is 5.96 Å². The Morgan fingerprint density at radius 2 is 1.61 bits per heavy atom. The number of halogens is 4. The average Bonchev–Trinajstić information content (AvgIpc) is 3.63. The highest BCUT2D eigenvalue weighted by Crippen LogP contribution is 2.31. The summed E-state index contributed by atoms with van der Waals surface area (Å²) in [6, 6.07) is 18.6. The Labute approximate surface area is 360 Å². The first-order chi connectivity index (χ1) is 29.0. The van der Waals surface area contributed by atoms with Crippen molar-refractivity contribution in [1.29, 1.82) is 0 Å². The Morgan fingerprint density at radius 3 is 2.21 bits per heavy atom. The molecule has 62 heavy (non-hydrogen) atoms. The number of aromatic amines is 1. The van der Waals surface area contributed by atoms with E-state index < -0.39 is 40.5 Å². The molecule has 6 rings (SSSR count). The Morgan fingerprint density at radius 1 is 0.952 bits per heavy atom. The molecule has 3 heterocycles. The number of ether oxygens (including phenoxy) is 1. The number of fused-ring (bicyclic) bond motifs is 1. The highest BCUT2D eigenvalue weighted by Gasteiger charge is 2.35. The number of rotatable bonds is 13. The van der Waals surface area contributed by atoms with E-state index >= 15 is 0 Å². The molecule has 2 aromatic heterocycles. The van der Waals surface area contributed by atoms with Gasteiger partial charge < -0.3 is 31.8 Å². The lowest BCUT2D eigenvalue weighted by atomic mass is 9.87. The molecule has 0 aliphatic carbocycles. The number of sulfonamides is 1. The molecule has 0 spiro atoms. The van der Waals surface area contributed by atoms with Gasteiger partial charge in [-0.3, -0.25) is 9.56 Å². The van der Waals surface area contributed by atoms with E-state index in [9.17, 15) is 30.8 Å². The number of piperidine rings is 1. The van der Waals surface area contributed by atoms with Crippen LogP contribution in [-0.4, -0.2) is 71.8 Å². The number of nitrogens with two attached hydrogens (primary N) is 2. The molecule has 7 N–H and O–H groups in total. The summed E-state index contributed by atoms with van der Waals surface area (Å²) in [5.74, 6) is -1.28. The number of aliphatic imine (C=N–C) groups is 1. The first-order valence-electron chi connectivity index (χ1n) is 20.4. The lowest BCUT2D eigenvalue weighted by Gasteiger charge is -2.34. The fourth-order valence-electron chi connectivity index (χ4n) is 6.81. The highest BCUT2D eigenvalue weighted by molar-refractivity contribution is 7.89. The summed E-state index contributed by atoms with van der Waals surface area (Å²) in [6.07, 6.45) is -1.23. The van der Waals surface area contributed by atoms with Crippen molar-refractivity contribution in [2.75, 3.05) is 26.2 Å². The summed E-state index contributed by atoms with van der Waals surface area (Å²) in [5.41, 5.74) is 14.5. The van der Waals surface area contributed by atoms with Crippen LogP contribution in [0.4, 0.5) is 17.6 Å². The van der Waals surface area contributed by atoms with E-state index in [1.54, 1.807) is 16.7 Å². The largest absolute Gasteiger partial charge is 0.573 e. The number of benzene rings is 3. The summed E-state index contributed by atoms with van der Waals surface area (Å²) < 4.78 is 86.3. The molecule has 3 aromatic carbocycles. The first kappa shape index (κ1) is 47.7. The Kier molecular flexibility index (Phi) is 15.3. The van der Waals surface area contributed by atoms with Crippen molar-refractivity contribution in [2.24, 2.45) is 16.5 Å². The van der Waals surface area contributed by atoms with E-state index in [1.165, 1.54) is 16.4 Å². The van der Waals surface area contributed by atoms with Crippen molar-refractivity contribution in [2.45, 2.75) is 102 Å². The number of guanidine groups is 1. The number of H-pyrrole nitrogens is 1. The van der Waals surface area contributed by atoms with Crippen molar-refractivity contribution in [3.05, 3.63) is 118 Å². The molecule has 0 atom stereocenters. The minimum atomic E-state index is -4.94. The van der Waals surface area contributed by atoms with Crippen LogP contribution in [-0.2, 0) is 33.9 Å². The predicted molar refractivity (Wildman–Crippen MR) is 234 cm³/mol. The minimum absolute atomic E-state index is 0.0352. The van der Waals surface area contributed by atoms with Crippen molar-refractivity contribution in [3.8, 4) is 11.4 Å². The van der Waals surface area contributed by atoms with Crippen LogP contribution in [0.3, 0.4) is 0 Å². The van der Waals surface area contributed by atoms with Crippen LogP contribution in [0.25, 0.3) is 16.7 Å². The summed E-state index contributed by atoms with van der Waals surface area (Å²) >= 11 is 0. The minimum Gasteiger partial charge on any atom is -0.406 e. The van der Waals surface area contributed by atoms with Crippen molar-refractivity contribution >= 4 is 27.0 Å². The van der Waals surface area contributed by atoms with Crippen LogP contribution < -0.4 is 32.5 Å². The molecule has 18 heteroatoms. The second-order valence-corrected chi connectivity index (χ2v) is 19.1. The molecule has 0 bridgehead atoms. The molecule has 0 saturated carbocycles. The van der Waals surface area contributed by atoms with E-state index in [1.807, 2.05) is 51.2 Å². The highest BCUT2D eigenvalue weighted by atomic mass is 32.2. The van der Waals surface area contributed by atoms with E-state index in [-0.39, 0.29) is 32.9 Å². The Balaban J connectivity index is 0.000000236. The number of hydrogen-bond acceptors (Lipinski definition) is 8. The van der Waals surface area contributed by atoms with E-state index in [2.05, 4.69) is 57.2 Å². The van der Waals surface area contributed by atoms with Crippen molar-refractivity contribution in [3.63, 3.8) is 0 Å². The van der Waals surface area contributed by atoms with E-state index in [4.69, 9.17) is 11.5 Å². The van der Waals surface area contributed by atoms with Gasteiger partial charge in [0.25, 0.3) is 0 Å². The zero-order valence-electron chi connectivity index (χ0n) is 35.9. The van der Waals surface area contributed by atoms with Crippen LogP contribution in [0, 0.1) is 5.82 Å². The number of alkyl halides is 3. The van der Waals surface area contributed by atoms with Gasteiger partial charge >= 0.3 is 12.1 Å². The Hall–Kier alpha value is -5.30. The van der Waals surface area contributed by atoms with Crippen molar-refractivity contribution in [1.82, 2.24) is 29.5 Å². The molecule has 336 valence electrons. The van der Waals surface area contributed by atoms with Crippen LogP contribution >= 0.6 is 0 Å². The fourth-order valence-corrected chi connectivity index (χ4v) is 8.47. The molecule has 13 nitrogen and oxygen atoms in total. The maximum Gasteiger partial charge on any atom is 0.573 e. The zero-order chi connectivity index (χ0) is 45.5. The van der Waals surface area contributed by atoms with Gasteiger partial charge in [0.2, 0.25) is 10.0 Å². The molecule has 1 aliphatic heterocycles. The molecular weight excluding hydrogens is 827 g/mol. The number of nitrogens with one attached hydrogen (secondary N) is 3. The van der Waals surface area contributed by atoms with E-state index in [0.29, 0.717) is 38.1 Å². The first-order valence-corrected chi connectivity index (χ1v) is 21.8. The van der Waals surface area contributed by atoms with Gasteiger partial charge in [0.1, 0.15) is 17.2 Å². The normalized spacial score (nSPS) is 14.1. The summed E-state index contributed by atoms with van der Waals surface area (Å²) in [5, 5.41) is 7.42. The topological polar surface area (TPSA) is 186 Å². The SMILES string of the molecule is CC(C)(C)c1cc2cn(-c3ccc(CNCCCN=C(N)N)cc3)c(=O)nc2[nH]1.CC(C)(C)c1ccc(S(=O)(=O)N(Cc2cc(OC(F)(F)F)ccc2F)C2CCNCC2)cc1. The molecule has 5 aromatic rings. The fraction of sp³-hybridized carbons (Fsp3) is 0.432. The lowest BCUT2D eigenvalue weighted by molar-refractivity contribution is -0.274. The molecule has 0 amide bonds. The molecule has 1 saturated heterocycles. The third kappa shape index (κ3) is 13.1. The van der Waals surface area contributed by atoms with Crippen LogP contribution in [0.1, 0.15) is 83.2 Å².